The van der Waals surface area contributed by atoms with E-state index in [1.165, 1.54) is 0 Å². The fraction of sp³-hybridized carbons (Fsp3) is 0.105. The molecule has 1 fully saturated rings. The van der Waals surface area contributed by atoms with E-state index in [1.807, 2.05) is 0 Å². The molecule has 0 bridgehead atoms. The molecule has 2 aromatic rings. The Morgan fingerprint density at radius 1 is 0.731 bits per heavy atom. The lowest BCUT2D eigenvalue weighted by atomic mass is 10.1. The van der Waals surface area contributed by atoms with Crippen LogP contribution in [0, 0.1) is 0 Å². The zero-order valence-corrected chi connectivity index (χ0v) is 19.5. The fourth-order valence-corrected chi connectivity index (χ4v) is 5.26. The summed E-state index contributed by atoms with van der Waals surface area (Å²) in [5.74, 6) is 0.120. The number of carbonyl (C=O) groups is 1. The molecule has 1 aliphatic rings. The van der Waals surface area contributed by atoms with Gasteiger partial charge >= 0.3 is 0 Å². The molecule has 0 radical (unpaired) electrons. The second-order valence-corrected chi connectivity index (χ2v) is 9.36. The van der Waals surface area contributed by atoms with E-state index in [4.69, 9.17) is 0 Å². The van der Waals surface area contributed by atoms with E-state index in [9.17, 15) is 15.0 Å². The number of benzene rings is 2. The number of carbonyl (C=O) groups excluding carboxylic acids is 1. The normalized spacial score (nSPS) is 17.5. The lowest BCUT2D eigenvalue weighted by Crippen LogP contribution is -1.96. The summed E-state index contributed by atoms with van der Waals surface area (Å²) in [6, 6.07) is 7.01. The highest BCUT2D eigenvalue weighted by Crippen LogP contribution is 2.38. The van der Waals surface area contributed by atoms with Crippen LogP contribution in [-0.2, 0) is 4.79 Å². The molecule has 0 heterocycles. The Morgan fingerprint density at radius 3 is 1.50 bits per heavy atom. The molecule has 2 N–H and O–H groups in total. The molecule has 0 aromatic heterocycles. The van der Waals surface area contributed by atoms with Gasteiger partial charge in [-0.2, -0.15) is 0 Å². The number of phenolic OH excluding ortho intramolecular Hbond substituents is 2. The average Bonchev–Trinajstić information content (AvgIpc) is 2.90. The van der Waals surface area contributed by atoms with Gasteiger partial charge in [-0.15, -0.1) is 0 Å². The van der Waals surface area contributed by atoms with Crippen LogP contribution in [0.15, 0.2) is 53.3 Å². The largest absolute Gasteiger partial charge is 0.506 e. The van der Waals surface area contributed by atoms with E-state index < -0.39 is 0 Å². The monoisotopic (exact) mass is 604 g/mol. The smallest absolute Gasteiger partial charge is 0.185 e. The summed E-state index contributed by atoms with van der Waals surface area (Å²) in [6.45, 7) is 0. The van der Waals surface area contributed by atoms with Gasteiger partial charge in [0, 0.05) is 31.2 Å². The van der Waals surface area contributed by atoms with E-state index >= 15 is 0 Å². The number of aromatic hydroxyl groups is 2. The molecule has 3 nitrogen and oxygen atoms in total. The summed E-state index contributed by atoms with van der Waals surface area (Å²) in [7, 11) is 0. The Hall–Kier alpha value is -0.890. The molecule has 0 aliphatic heterocycles. The first-order valence-electron chi connectivity index (χ1n) is 7.58. The van der Waals surface area contributed by atoms with Gasteiger partial charge < -0.3 is 10.2 Å². The van der Waals surface area contributed by atoms with E-state index in [2.05, 4.69) is 63.7 Å². The molecule has 3 rings (SSSR count). The Labute approximate surface area is 184 Å². The molecule has 0 spiro atoms. The topological polar surface area (TPSA) is 57.5 Å². The van der Waals surface area contributed by atoms with Crippen LogP contribution in [0.1, 0.15) is 24.0 Å². The van der Waals surface area contributed by atoms with Gasteiger partial charge in [-0.3, -0.25) is 4.79 Å². The zero-order valence-electron chi connectivity index (χ0n) is 13.2. The Balaban J connectivity index is 1.96. The van der Waals surface area contributed by atoms with Gasteiger partial charge in [0.1, 0.15) is 11.5 Å². The van der Waals surface area contributed by atoms with Crippen LogP contribution in [0.4, 0.5) is 0 Å². The van der Waals surface area contributed by atoms with Gasteiger partial charge in [-0.05, 0) is 81.1 Å². The first-order chi connectivity index (χ1) is 12.3. The van der Waals surface area contributed by atoms with Crippen molar-refractivity contribution in [1.29, 1.82) is 0 Å². The Bertz CT molecular complexity index is 900. The molecule has 1 saturated carbocycles. The van der Waals surface area contributed by atoms with Crippen molar-refractivity contribution in [2.45, 2.75) is 12.8 Å². The molecular formula is C19H12Br4O3. The quantitative estimate of drug-likeness (QED) is 0.362. The van der Waals surface area contributed by atoms with Gasteiger partial charge in [0.25, 0.3) is 0 Å². The van der Waals surface area contributed by atoms with Crippen molar-refractivity contribution in [3.8, 4) is 11.5 Å². The highest BCUT2D eigenvalue weighted by molar-refractivity contribution is 9.11. The van der Waals surface area contributed by atoms with Gasteiger partial charge in [0.05, 0.1) is 8.95 Å². The second-order valence-electron chi connectivity index (χ2n) is 5.82. The molecule has 7 heteroatoms. The lowest BCUT2D eigenvalue weighted by molar-refractivity contribution is -0.111. The van der Waals surface area contributed by atoms with Crippen molar-refractivity contribution in [1.82, 2.24) is 0 Å². The van der Waals surface area contributed by atoms with Crippen molar-refractivity contribution in [2.24, 2.45) is 0 Å². The van der Waals surface area contributed by atoms with Crippen LogP contribution >= 0.6 is 63.7 Å². The number of ketones is 1. The van der Waals surface area contributed by atoms with Gasteiger partial charge in [-0.1, -0.05) is 31.9 Å². The number of hydrogen-bond acceptors (Lipinski definition) is 3. The SMILES string of the molecule is O=C1/C(=C/c2cc(Br)cc(Br)c2O)CC/C1=C\c1cc(Br)cc(Br)c1O. The second kappa shape index (κ2) is 8.00. The summed E-state index contributed by atoms with van der Waals surface area (Å²) in [4.78, 5) is 12.7. The Kier molecular flexibility index (Phi) is 6.11. The van der Waals surface area contributed by atoms with E-state index in [1.54, 1.807) is 36.4 Å². The average molecular weight is 608 g/mol. The molecular weight excluding hydrogens is 596 g/mol. The van der Waals surface area contributed by atoms with Crippen molar-refractivity contribution in [2.75, 3.05) is 0 Å². The predicted octanol–water partition coefficient (Wildman–Crippen LogP) is 6.98. The highest BCUT2D eigenvalue weighted by Gasteiger charge is 2.24. The molecule has 0 saturated heterocycles. The first-order valence-corrected chi connectivity index (χ1v) is 10.8. The summed E-state index contributed by atoms with van der Waals surface area (Å²) >= 11 is 13.4. The molecule has 1 aliphatic carbocycles. The van der Waals surface area contributed by atoms with Crippen molar-refractivity contribution < 1.29 is 15.0 Å². The molecule has 0 atom stereocenters. The molecule has 26 heavy (non-hydrogen) atoms. The van der Waals surface area contributed by atoms with Crippen LogP contribution in [0.25, 0.3) is 12.2 Å². The van der Waals surface area contributed by atoms with Crippen molar-refractivity contribution >= 4 is 81.7 Å². The lowest BCUT2D eigenvalue weighted by Gasteiger charge is -2.05. The number of allylic oxidation sites excluding steroid dienone is 2. The zero-order chi connectivity index (χ0) is 19.0. The van der Waals surface area contributed by atoms with Crippen LogP contribution in [0.3, 0.4) is 0 Å². The molecule has 2 aromatic carbocycles. The van der Waals surface area contributed by atoms with Crippen LogP contribution in [-0.4, -0.2) is 16.0 Å². The number of hydrogen-bond donors (Lipinski definition) is 2. The predicted molar refractivity (Wildman–Crippen MR) is 117 cm³/mol. The van der Waals surface area contributed by atoms with Gasteiger partial charge in [0.2, 0.25) is 0 Å². The molecule has 0 unspecified atom stereocenters. The van der Waals surface area contributed by atoms with E-state index in [-0.39, 0.29) is 17.3 Å². The summed E-state index contributed by atoms with van der Waals surface area (Å²) in [5, 5.41) is 20.4. The Morgan fingerprint density at radius 2 is 1.12 bits per heavy atom. The minimum Gasteiger partial charge on any atom is -0.506 e. The van der Waals surface area contributed by atoms with Crippen LogP contribution in [0.5, 0.6) is 11.5 Å². The number of rotatable bonds is 2. The summed E-state index contributed by atoms with van der Waals surface area (Å²) in [6.07, 6.45) is 4.60. The fourth-order valence-electron chi connectivity index (χ4n) is 2.75. The standard InChI is InChI=1S/C19H12Br4O3/c20-13-5-11(18(25)15(22)7-13)3-9-1-2-10(17(9)24)4-12-6-14(21)8-16(23)19(12)26/h3-8,25-26H,1-2H2/b9-3+,10-4+. The maximum atomic E-state index is 12.7. The number of halogens is 4. The van der Waals surface area contributed by atoms with E-state index in [0.29, 0.717) is 44.1 Å². The maximum Gasteiger partial charge on any atom is 0.185 e. The minimum absolute atomic E-state index is 0.0732. The maximum absolute atomic E-state index is 12.7. The van der Waals surface area contributed by atoms with Crippen LogP contribution < -0.4 is 0 Å². The van der Waals surface area contributed by atoms with Crippen molar-refractivity contribution in [3.63, 3.8) is 0 Å². The summed E-state index contributed by atoms with van der Waals surface area (Å²) in [5.41, 5.74) is 2.41. The third kappa shape index (κ3) is 4.16. The van der Waals surface area contributed by atoms with Gasteiger partial charge in [-0.25, -0.2) is 0 Å². The van der Waals surface area contributed by atoms with Crippen LogP contribution in [0.2, 0.25) is 0 Å². The molecule has 0 amide bonds. The summed E-state index contributed by atoms with van der Waals surface area (Å²) < 4.78 is 2.73. The van der Waals surface area contributed by atoms with Crippen molar-refractivity contribution in [3.05, 3.63) is 64.4 Å². The number of phenols is 2. The first kappa shape index (κ1) is 19.9. The third-order valence-corrected chi connectivity index (χ3v) is 6.15. The minimum atomic E-state index is -0.0732. The third-order valence-electron chi connectivity index (χ3n) is 4.02. The van der Waals surface area contributed by atoms with Gasteiger partial charge in [0.15, 0.2) is 5.78 Å². The van der Waals surface area contributed by atoms with E-state index in [0.717, 1.165) is 8.95 Å². The molecule has 134 valence electrons. The number of Topliss-reactive ketones (excluding diaryl/α,β-unsaturated/α-hetero) is 1. The highest BCUT2D eigenvalue weighted by atomic mass is 79.9.